The van der Waals surface area contributed by atoms with Gasteiger partial charge in [0.05, 0.1) is 19.8 Å². The number of ether oxygens (including phenoxy) is 6. The molecule has 0 spiro atoms. The van der Waals surface area contributed by atoms with Crippen molar-refractivity contribution < 1.29 is 28.4 Å². The Kier molecular flexibility index (Phi) is 11.1. The highest BCUT2D eigenvalue weighted by Crippen LogP contribution is 2.35. The number of hydrogen-bond acceptors (Lipinski definition) is 7. The highest BCUT2D eigenvalue weighted by molar-refractivity contribution is 5.76. The van der Waals surface area contributed by atoms with Gasteiger partial charge in [0.2, 0.25) is 0 Å². The average molecular weight is 588 g/mol. The predicted octanol–water partition coefficient (Wildman–Crippen LogP) is 8.29. The molecule has 0 radical (unpaired) electrons. The van der Waals surface area contributed by atoms with Gasteiger partial charge < -0.3 is 33.3 Å². The molecule has 6 rings (SSSR count). The van der Waals surface area contributed by atoms with Crippen LogP contribution in [0.15, 0.2) is 72.8 Å². The maximum Gasteiger partial charge on any atom is 0.158 e. The summed E-state index contributed by atoms with van der Waals surface area (Å²) < 4.78 is 35.3. The van der Waals surface area contributed by atoms with Gasteiger partial charge in [0.15, 0.2) is 18.9 Å². The van der Waals surface area contributed by atoms with Crippen molar-refractivity contribution in [1.82, 2.24) is 0 Å². The van der Waals surface area contributed by atoms with Crippen LogP contribution in [0.25, 0.3) is 0 Å². The Hall–Kier alpha value is -2.78. The fourth-order valence-electron chi connectivity index (χ4n) is 5.77. The van der Waals surface area contributed by atoms with Crippen LogP contribution in [0.4, 0.5) is 17.1 Å². The third-order valence-electron chi connectivity index (χ3n) is 8.31. The van der Waals surface area contributed by atoms with Crippen molar-refractivity contribution in [3.63, 3.8) is 0 Å². The normalized spacial score (nSPS) is 22.7. The maximum atomic E-state index is 6.02. The van der Waals surface area contributed by atoms with Gasteiger partial charge in [-0.2, -0.15) is 0 Å². The molecule has 3 atom stereocenters. The highest BCUT2D eigenvalue weighted by Gasteiger charge is 2.18. The SMILES string of the molecule is c1cc(N(c2ccc(COC3CCCCO3)cc2)c2ccc(COC3CCCCO3)cc2)ccc1COC1CCCCO1. The van der Waals surface area contributed by atoms with Crippen molar-refractivity contribution in [3.05, 3.63) is 89.5 Å². The van der Waals surface area contributed by atoms with Gasteiger partial charge in [0.25, 0.3) is 0 Å². The minimum absolute atomic E-state index is 0.0933. The van der Waals surface area contributed by atoms with Gasteiger partial charge in [0, 0.05) is 36.9 Å². The van der Waals surface area contributed by atoms with E-state index in [4.69, 9.17) is 28.4 Å². The van der Waals surface area contributed by atoms with Gasteiger partial charge in [-0.1, -0.05) is 36.4 Å². The molecule has 3 heterocycles. The lowest BCUT2D eigenvalue weighted by atomic mass is 10.1. The smallest absolute Gasteiger partial charge is 0.158 e. The van der Waals surface area contributed by atoms with E-state index in [0.29, 0.717) is 19.8 Å². The first-order chi connectivity index (χ1) is 21.3. The number of benzene rings is 3. The summed E-state index contributed by atoms with van der Waals surface area (Å²) in [6.07, 6.45) is 9.48. The van der Waals surface area contributed by atoms with E-state index in [1.807, 2.05) is 0 Å². The molecule has 7 heteroatoms. The van der Waals surface area contributed by atoms with Crippen molar-refractivity contribution in [2.24, 2.45) is 0 Å². The molecule has 3 aliphatic heterocycles. The summed E-state index contributed by atoms with van der Waals surface area (Å²) in [7, 11) is 0. The summed E-state index contributed by atoms with van der Waals surface area (Å²) in [5.74, 6) is 0. The Balaban J connectivity index is 1.15. The largest absolute Gasteiger partial charge is 0.353 e. The van der Waals surface area contributed by atoms with Gasteiger partial charge >= 0.3 is 0 Å². The second-order valence-electron chi connectivity index (χ2n) is 11.7. The second-order valence-corrected chi connectivity index (χ2v) is 11.7. The molecule has 230 valence electrons. The van der Waals surface area contributed by atoms with Crippen LogP contribution in [0.1, 0.15) is 74.5 Å². The molecule has 3 aromatic rings. The molecule has 3 fully saturated rings. The van der Waals surface area contributed by atoms with Gasteiger partial charge in [-0.15, -0.1) is 0 Å². The van der Waals surface area contributed by atoms with Crippen molar-refractivity contribution in [2.45, 2.75) is 96.5 Å². The predicted molar refractivity (Wildman–Crippen MR) is 166 cm³/mol. The van der Waals surface area contributed by atoms with E-state index in [0.717, 1.165) is 111 Å². The first-order valence-electron chi connectivity index (χ1n) is 16.1. The third-order valence-corrected chi connectivity index (χ3v) is 8.31. The molecule has 0 aliphatic carbocycles. The first-order valence-corrected chi connectivity index (χ1v) is 16.1. The summed E-state index contributed by atoms with van der Waals surface area (Å²) in [5.41, 5.74) is 6.64. The molecular weight excluding hydrogens is 542 g/mol. The zero-order valence-electron chi connectivity index (χ0n) is 25.2. The fourth-order valence-corrected chi connectivity index (χ4v) is 5.77. The number of nitrogens with zero attached hydrogens (tertiary/aromatic N) is 1. The summed E-state index contributed by atoms with van der Waals surface area (Å²) >= 11 is 0. The van der Waals surface area contributed by atoms with Crippen molar-refractivity contribution in [2.75, 3.05) is 24.7 Å². The van der Waals surface area contributed by atoms with Crippen LogP contribution in [-0.2, 0) is 48.2 Å². The standard InChI is InChI=1S/C36H45NO6/c1-4-22-38-34(7-1)41-25-28-10-16-31(17-11-28)37(32-18-12-29(13-19-32)26-42-35-8-2-5-23-39-35)33-20-14-30(15-21-33)27-43-36-9-3-6-24-40-36/h10-21,34-36H,1-9,22-27H2. The number of rotatable bonds is 12. The molecule has 3 aliphatic rings. The van der Waals surface area contributed by atoms with Gasteiger partial charge in [-0.25, -0.2) is 0 Å². The topological polar surface area (TPSA) is 58.6 Å². The minimum atomic E-state index is -0.0933. The van der Waals surface area contributed by atoms with E-state index in [1.165, 1.54) is 0 Å². The van der Waals surface area contributed by atoms with E-state index in [9.17, 15) is 0 Å². The summed E-state index contributed by atoms with van der Waals surface area (Å²) in [4.78, 5) is 2.28. The third kappa shape index (κ3) is 8.88. The number of hydrogen-bond donors (Lipinski definition) is 0. The van der Waals surface area contributed by atoms with Crippen molar-refractivity contribution in [1.29, 1.82) is 0 Å². The maximum absolute atomic E-state index is 6.02. The quantitative estimate of drug-likeness (QED) is 0.211. The Labute approximate surface area is 256 Å². The number of anilines is 3. The Morgan fingerprint density at radius 1 is 0.442 bits per heavy atom. The zero-order chi connectivity index (χ0) is 29.1. The molecule has 0 N–H and O–H groups in total. The lowest BCUT2D eigenvalue weighted by molar-refractivity contribution is -0.169. The van der Waals surface area contributed by atoms with Gasteiger partial charge in [0.1, 0.15) is 0 Å². The molecular formula is C36H45NO6. The average Bonchev–Trinajstić information content (AvgIpc) is 3.09. The Bertz CT molecular complexity index is 1060. The Morgan fingerprint density at radius 2 is 0.744 bits per heavy atom. The molecule has 7 nitrogen and oxygen atoms in total. The monoisotopic (exact) mass is 587 g/mol. The van der Waals surface area contributed by atoms with Crippen LogP contribution >= 0.6 is 0 Å². The van der Waals surface area contributed by atoms with E-state index < -0.39 is 0 Å². The summed E-state index contributed by atoms with van der Waals surface area (Å²) in [6, 6.07) is 25.8. The molecule has 0 bridgehead atoms. The van der Waals surface area contributed by atoms with Gasteiger partial charge in [-0.05, 0) is 111 Å². The van der Waals surface area contributed by atoms with E-state index in [2.05, 4.69) is 77.7 Å². The molecule has 3 aromatic carbocycles. The van der Waals surface area contributed by atoms with E-state index >= 15 is 0 Å². The molecule has 3 saturated heterocycles. The molecule has 43 heavy (non-hydrogen) atoms. The lowest BCUT2D eigenvalue weighted by Crippen LogP contribution is -2.22. The second kappa shape index (κ2) is 15.8. The summed E-state index contributed by atoms with van der Waals surface area (Å²) in [5, 5.41) is 0. The van der Waals surface area contributed by atoms with Crippen LogP contribution in [-0.4, -0.2) is 38.7 Å². The minimum Gasteiger partial charge on any atom is -0.353 e. The lowest BCUT2D eigenvalue weighted by Gasteiger charge is -2.27. The van der Waals surface area contributed by atoms with Crippen LogP contribution in [0, 0.1) is 0 Å². The van der Waals surface area contributed by atoms with Crippen LogP contribution in [0.5, 0.6) is 0 Å². The summed E-state index contributed by atoms with van der Waals surface area (Å²) in [6.45, 7) is 4.00. The van der Waals surface area contributed by atoms with Crippen LogP contribution in [0.2, 0.25) is 0 Å². The molecule has 0 saturated carbocycles. The van der Waals surface area contributed by atoms with Crippen LogP contribution < -0.4 is 4.90 Å². The van der Waals surface area contributed by atoms with E-state index in [-0.39, 0.29) is 18.9 Å². The fraction of sp³-hybridized carbons (Fsp3) is 0.500. The Morgan fingerprint density at radius 3 is 1.00 bits per heavy atom. The van der Waals surface area contributed by atoms with Crippen molar-refractivity contribution >= 4 is 17.1 Å². The molecule has 3 unspecified atom stereocenters. The van der Waals surface area contributed by atoms with Gasteiger partial charge in [-0.3, -0.25) is 0 Å². The van der Waals surface area contributed by atoms with Crippen molar-refractivity contribution in [3.8, 4) is 0 Å². The first kappa shape index (κ1) is 30.3. The highest BCUT2D eigenvalue weighted by atomic mass is 16.7. The van der Waals surface area contributed by atoms with E-state index in [1.54, 1.807) is 0 Å². The molecule has 0 aromatic heterocycles. The molecule has 0 amide bonds. The van der Waals surface area contributed by atoms with Crippen LogP contribution in [0.3, 0.4) is 0 Å². The zero-order valence-corrected chi connectivity index (χ0v) is 25.2.